The first-order valence-corrected chi connectivity index (χ1v) is 10.8. The number of hydrogen-bond donors (Lipinski definition) is 2. The van der Waals surface area contributed by atoms with Crippen molar-refractivity contribution in [1.29, 1.82) is 0 Å². The van der Waals surface area contributed by atoms with Gasteiger partial charge in [-0.1, -0.05) is 6.07 Å². The van der Waals surface area contributed by atoms with Gasteiger partial charge < -0.3 is 15.3 Å². The number of hydrogen-bond acceptors (Lipinski definition) is 7. The lowest BCUT2D eigenvalue weighted by atomic mass is 10.1. The summed E-state index contributed by atoms with van der Waals surface area (Å²) in [6, 6.07) is 6.72. The van der Waals surface area contributed by atoms with Gasteiger partial charge in [-0.25, -0.2) is 23.9 Å². The summed E-state index contributed by atoms with van der Waals surface area (Å²) < 4.78 is 16.1. The van der Waals surface area contributed by atoms with E-state index < -0.39 is 11.4 Å². The molecule has 0 radical (unpaired) electrons. The molecule has 1 aliphatic heterocycles. The molecule has 1 aliphatic rings. The molecule has 166 valence electrons. The number of aromatic nitrogens is 5. The van der Waals surface area contributed by atoms with Gasteiger partial charge in [-0.2, -0.15) is 0 Å². The van der Waals surface area contributed by atoms with E-state index in [1.165, 1.54) is 6.07 Å². The lowest BCUT2D eigenvalue weighted by Gasteiger charge is -2.21. The highest BCUT2D eigenvalue weighted by Crippen LogP contribution is 2.29. The molecule has 4 aromatic rings. The maximum absolute atomic E-state index is 14.3. The van der Waals surface area contributed by atoms with Crippen LogP contribution in [0.3, 0.4) is 0 Å². The van der Waals surface area contributed by atoms with Gasteiger partial charge >= 0.3 is 0 Å². The molecule has 0 aliphatic carbocycles. The van der Waals surface area contributed by atoms with Crippen LogP contribution in [-0.2, 0) is 0 Å². The van der Waals surface area contributed by atoms with Gasteiger partial charge in [0.1, 0.15) is 16.9 Å². The minimum Gasteiger partial charge on any atom is -0.389 e. The third kappa shape index (κ3) is 3.84. The highest BCUT2D eigenvalue weighted by Gasteiger charge is 2.21. The molecule has 1 saturated heterocycles. The highest BCUT2D eigenvalue weighted by molar-refractivity contribution is 5.80. The van der Waals surface area contributed by atoms with E-state index in [1.807, 2.05) is 13.0 Å². The van der Waals surface area contributed by atoms with Gasteiger partial charge in [-0.15, -0.1) is 5.10 Å². The van der Waals surface area contributed by atoms with E-state index >= 15 is 0 Å². The molecule has 32 heavy (non-hydrogen) atoms. The second kappa shape index (κ2) is 7.67. The minimum atomic E-state index is -0.887. The Morgan fingerprint density at radius 2 is 1.94 bits per heavy atom. The average Bonchev–Trinajstić information content (AvgIpc) is 3.41. The summed E-state index contributed by atoms with van der Waals surface area (Å²) >= 11 is 0. The van der Waals surface area contributed by atoms with E-state index in [4.69, 9.17) is 10.1 Å². The second-order valence-corrected chi connectivity index (χ2v) is 8.94. The van der Waals surface area contributed by atoms with Crippen LogP contribution in [0.2, 0.25) is 0 Å². The molecule has 1 fully saturated rings. The van der Waals surface area contributed by atoms with Crippen LogP contribution >= 0.6 is 0 Å². The number of aliphatic hydroxyl groups is 1. The molecule has 0 amide bonds. The lowest BCUT2D eigenvalue weighted by Crippen LogP contribution is -2.29. The highest BCUT2D eigenvalue weighted by atomic mass is 19.1. The molecule has 5 rings (SSSR count). The van der Waals surface area contributed by atoms with Gasteiger partial charge in [0.15, 0.2) is 17.3 Å². The number of nitrogens with zero attached hydrogens (tertiary/aromatic N) is 6. The zero-order chi connectivity index (χ0) is 22.5. The molecule has 2 N–H and O–H groups in total. The van der Waals surface area contributed by atoms with Crippen molar-refractivity contribution in [3.05, 3.63) is 42.0 Å². The summed E-state index contributed by atoms with van der Waals surface area (Å²) in [7, 11) is 0. The number of anilines is 2. The second-order valence-electron chi connectivity index (χ2n) is 8.94. The van der Waals surface area contributed by atoms with E-state index in [2.05, 4.69) is 20.2 Å². The first-order valence-electron chi connectivity index (χ1n) is 10.8. The monoisotopic (exact) mass is 435 g/mol. The van der Waals surface area contributed by atoms with Crippen molar-refractivity contribution in [2.45, 2.75) is 39.2 Å². The predicted molar refractivity (Wildman–Crippen MR) is 122 cm³/mol. The fourth-order valence-electron chi connectivity index (χ4n) is 3.99. The molecule has 8 nitrogen and oxygen atoms in total. The Balaban J connectivity index is 1.64. The maximum Gasteiger partial charge on any atom is 0.177 e. The molecule has 3 aromatic heterocycles. The van der Waals surface area contributed by atoms with Crippen molar-refractivity contribution in [1.82, 2.24) is 24.6 Å². The number of halogens is 1. The standard InChI is InChI=1S/C23H26FN7O/c1-14-20(28-21-15(24)7-6-8-16(21)26-14)18-12-31-22(27-18)17(25-13-23(2,3)32)11-19(29-31)30-9-4-5-10-30/h6-8,11-12,25,32H,4-5,9-10,13H2,1-3H3. The molecular formula is C23H26FN7O. The van der Waals surface area contributed by atoms with Crippen molar-refractivity contribution in [3.63, 3.8) is 0 Å². The number of para-hydroxylation sites is 1. The van der Waals surface area contributed by atoms with Crippen molar-refractivity contribution in [3.8, 4) is 11.4 Å². The lowest BCUT2D eigenvalue weighted by molar-refractivity contribution is 0.0945. The molecule has 0 unspecified atom stereocenters. The zero-order valence-corrected chi connectivity index (χ0v) is 18.4. The number of benzene rings is 1. The van der Waals surface area contributed by atoms with Crippen LogP contribution in [0.15, 0.2) is 30.5 Å². The van der Waals surface area contributed by atoms with Gasteiger partial charge in [-0.3, -0.25) is 0 Å². The summed E-state index contributed by atoms with van der Waals surface area (Å²) in [5, 5.41) is 18.3. The summed E-state index contributed by atoms with van der Waals surface area (Å²) in [4.78, 5) is 16.1. The number of rotatable bonds is 5. The minimum absolute atomic E-state index is 0.219. The summed E-state index contributed by atoms with van der Waals surface area (Å²) in [6.45, 7) is 7.61. The molecule has 0 atom stereocenters. The Morgan fingerprint density at radius 1 is 1.16 bits per heavy atom. The predicted octanol–water partition coefficient (Wildman–Crippen LogP) is 3.57. The topological polar surface area (TPSA) is 91.5 Å². The fraction of sp³-hybridized carbons (Fsp3) is 0.391. The van der Waals surface area contributed by atoms with E-state index in [0.717, 1.165) is 37.4 Å². The van der Waals surface area contributed by atoms with E-state index in [0.29, 0.717) is 34.8 Å². The Kier molecular flexibility index (Phi) is 4.93. The van der Waals surface area contributed by atoms with Crippen LogP contribution < -0.4 is 10.2 Å². The molecule has 0 spiro atoms. The van der Waals surface area contributed by atoms with Crippen molar-refractivity contribution < 1.29 is 9.50 Å². The fourth-order valence-corrected chi connectivity index (χ4v) is 3.99. The molecule has 9 heteroatoms. The van der Waals surface area contributed by atoms with Gasteiger partial charge in [0.25, 0.3) is 0 Å². The quantitative estimate of drug-likeness (QED) is 0.495. The summed E-state index contributed by atoms with van der Waals surface area (Å²) in [5.41, 5.74) is 2.98. The number of nitrogens with one attached hydrogen (secondary N) is 1. The first kappa shape index (κ1) is 20.6. The van der Waals surface area contributed by atoms with Crippen molar-refractivity contribution >= 4 is 28.2 Å². The third-order valence-electron chi connectivity index (χ3n) is 5.62. The molecular weight excluding hydrogens is 409 g/mol. The van der Waals surface area contributed by atoms with E-state index in [1.54, 1.807) is 36.7 Å². The van der Waals surface area contributed by atoms with Crippen LogP contribution in [0.4, 0.5) is 15.9 Å². The Morgan fingerprint density at radius 3 is 2.69 bits per heavy atom. The maximum atomic E-state index is 14.3. The van der Waals surface area contributed by atoms with E-state index in [-0.39, 0.29) is 5.52 Å². The van der Waals surface area contributed by atoms with Crippen LogP contribution in [-0.4, -0.2) is 54.9 Å². The van der Waals surface area contributed by atoms with Gasteiger partial charge in [0.05, 0.1) is 28.7 Å². The molecule has 0 bridgehead atoms. The number of aryl methyl sites for hydroxylation is 1. The third-order valence-corrected chi connectivity index (χ3v) is 5.62. The van der Waals surface area contributed by atoms with Crippen molar-refractivity contribution in [2.24, 2.45) is 0 Å². The largest absolute Gasteiger partial charge is 0.389 e. The van der Waals surface area contributed by atoms with Crippen LogP contribution in [0.25, 0.3) is 28.1 Å². The first-order chi connectivity index (χ1) is 15.3. The Labute approximate surface area is 185 Å². The summed E-state index contributed by atoms with van der Waals surface area (Å²) in [5.74, 6) is 0.437. The SMILES string of the molecule is Cc1nc2cccc(F)c2nc1-c1cn2nc(N3CCCC3)cc(NCC(C)(C)O)c2n1. The van der Waals surface area contributed by atoms with Crippen molar-refractivity contribution in [2.75, 3.05) is 29.9 Å². The van der Waals surface area contributed by atoms with Crippen LogP contribution in [0, 0.1) is 12.7 Å². The zero-order valence-electron chi connectivity index (χ0n) is 18.4. The van der Waals surface area contributed by atoms with Crippen LogP contribution in [0.1, 0.15) is 32.4 Å². The average molecular weight is 436 g/mol. The Bertz CT molecular complexity index is 1310. The smallest absolute Gasteiger partial charge is 0.177 e. The van der Waals surface area contributed by atoms with Gasteiger partial charge in [0.2, 0.25) is 0 Å². The van der Waals surface area contributed by atoms with Gasteiger partial charge in [0, 0.05) is 25.7 Å². The normalized spacial score (nSPS) is 14.6. The molecule has 0 saturated carbocycles. The molecule has 4 heterocycles. The Hall–Kier alpha value is -3.33. The van der Waals surface area contributed by atoms with Gasteiger partial charge in [-0.05, 0) is 45.7 Å². The van der Waals surface area contributed by atoms with Crippen LogP contribution in [0.5, 0.6) is 0 Å². The number of imidazole rings is 1. The van der Waals surface area contributed by atoms with E-state index in [9.17, 15) is 9.50 Å². The molecule has 1 aromatic carbocycles. The summed E-state index contributed by atoms with van der Waals surface area (Å²) in [6.07, 6.45) is 4.07. The number of fused-ring (bicyclic) bond motifs is 2.